The zero-order chi connectivity index (χ0) is 17.3. The van der Waals surface area contributed by atoms with E-state index in [9.17, 15) is 4.79 Å². The predicted molar refractivity (Wildman–Crippen MR) is 94.5 cm³/mol. The van der Waals surface area contributed by atoms with Gasteiger partial charge in [0.15, 0.2) is 0 Å². The molecule has 128 valence electrons. The van der Waals surface area contributed by atoms with Crippen molar-refractivity contribution in [3.05, 3.63) is 45.8 Å². The molecule has 1 aromatic heterocycles. The van der Waals surface area contributed by atoms with Crippen molar-refractivity contribution in [3.63, 3.8) is 0 Å². The molecule has 2 heterocycles. The molecule has 24 heavy (non-hydrogen) atoms. The van der Waals surface area contributed by atoms with Crippen molar-refractivity contribution in [1.82, 2.24) is 10.1 Å². The van der Waals surface area contributed by atoms with Crippen LogP contribution in [-0.4, -0.2) is 22.6 Å². The van der Waals surface area contributed by atoms with Crippen LogP contribution in [0.5, 0.6) is 0 Å². The third-order valence-electron chi connectivity index (χ3n) is 4.59. The first-order valence-corrected chi connectivity index (χ1v) is 8.68. The van der Waals surface area contributed by atoms with Crippen LogP contribution in [-0.2, 0) is 6.42 Å². The molecule has 1 aliphatic heterocycles. The largest absolute Gasteiger partial charge is 0.361 e. The second kappa shape index (κ2) is 6.85. The van der Waals surface area contributed by atoms with Gasteiger partial charge in [0.2, 0.25) is 0 Å². The molecule has 1 saturated heterocycles. The van der Waals surface area contributed by atoms with Gasteiger partial charge < -0.3 is 14.7 Å². The summed E-state index contributed by atoms with van der Waals surface area (Å²) in [6.45, 7) is 6.66. The van der Waals surface area contributed by atoms with Crippen LogP contribution in [0.3, 0.4) is 0 Å². The minimum atomic E-state index is -0.106. The van der Waals surface area contributed by atoms with E-state index in [0.717, 1.165) is 54.1 Å². The van der Waals surface area contributed by atoms with Gasteiger partial charge in [0.05, 0.1) is 11.7 Å². The first kappa shape index (κ1) is 16.8. The van der Waals surface area contributed by atoms with E-state index in [2.05, 4.69) is 10.5 Å². The van der Waals surface area contributed by atoms with Gasteiger partial charge in [0.1, 0.15) is 5.76 Å². The zero-order valence-electron chi connectivity index (χ0n) is 14.2. The van der Waals surface area contributed by atoms with E-state index in [4.69, 9.17) is 16.1 Å². The normalized spacial score (nSPS) is 17.3. The molecule has 0 aliphatic carbocycles. The van der Waals surface area contributed by atoms with Gasteiger partial charge in [-0.3, -0.25) is 0 Å². The number of hydrogen-bond donors (Lipinski definition) is 1. The summed E-state index contributed by atoms with van der Waals surface area (Å²) in [6.07, 6.45) is 2.67. The van der Waals surface area contributed by atoms with Crippen LogP contribution in [0.15, 0.2) is 22.7 Å². The fraction of sp³-hybridized carbons (Fsp3) is 0.444. The maximum absolute atomic E-state index is 12.8. The van der Waals surface area contributed by atoms with Gasteiger partial charge in [0, 0.05) is 29.2 Å². The minimum Gasteiger partial charge on any atom is -0.361 e. The Morgan fingerprint density at radius 2 is 2.25 bits per heavy atom. The molecule has 1 aliphatic rings. The highest BCUT2D eigenvalue weighted by molar-refractivity contribution is 6.31. The summed E-state index contributed by atoms with van der Waals surface area (Å²) in [4.78, 5) is 14.7. The second-order valence-corrected chi connectivity index (χ2v) is 6.64. The molecular weight excluding hydrogens is 326 g/mol. The highest BCUT2D eigenvalue weighted by Crippen LogP contribution is 2.36. The van der Waals surface area contributed by atoms with Gasteiger partial charge in [0.25, 0.3) is 0 Å². The van der Waals surface area contributed by atoms with Crippen LogP contribution in [0, 0.1) is 13.8 Å². The van der Waals surface area contributed by atoms with Crippen LogP contribution in [0.4, 0.5) is 10.5 Å². The average Bonchev–Trinajstić information content (AvgIpc) is 3.16. The summed E-state index contributed by atoms with van der Waals surface area (Å²) in [5.41, 5.74) is 3.67. The van der Waals surface area contributed by atoms with E-state index in [1.165, 1.54) is 0 Å². The Labute approximate surface area is 147 Å². The summed E-state index contributed by atoms with van der Waals surface area (Å²) >= 11 is 6.04. The van der Waals surface area contributed by atoms with Gasteiger partial charge in [-0.1, -0.05) is 29.7 Å². The number of anilines is 1. The number of aromatic nitrogens is 1. The van der Waals surface area contributed by atoms with E-state index in [1.54, 1.807) is 6.07 Å². The molecular formula is C18H22ClN3O2. The SMILES string of the molecule is CCc1onc(C)c1[C@H]1CCCN1C(=O)Nc1cc(Cl)ccc1C. The van der Waals surface area contributed by atoms with Crippen molar-refractivity contribution in [3.8, 4) is 0 Å². The Balaban J connectivity index is 1.84. The highest BCUT2D eigenvalue weighted by atomic mass is 35.5. The number of benzene rings is 1. The average molecular weight is 348 g/mol. The van der Waals surface area contributed by atoms with Gasteiger partial charge >= 0.3 is 6.03 Å². The number of likely N-dealkylation sites (tertiary alicyclic amines) is 1. The number of nitrogens with one attached hydrogen (secondary N) is 1. The second-order valence-electron chi connectivity index (χ2n) is 6.20. The van der Waals surface area contributed by atoms with E-state index in [1.807, 2.05) is 37.8 Å². The third kappa shape index (κ3) is 3.13. The smallest absolute Gasteiger partial charge is 0.322 e. The summed E-state index contributed by atoms with van der Waals surface area (Å²) in [7, 11) is 0. The lowest BCUT2D eigenvalue weighted by Crippen LogP contribution is -2.35. The summed E-state index contributed by atoms with van der Waals surface area (Å²) in [5, 5.41) is 7.69. The fourth-order valence-electron chi connectivity index (χ4n) is 3.33. The highest BCUT2D eigenvalue weighted by Gasteiger charge is 2.34. The fourth-order valence-corrected chi connectivity index (χ4v) is 3.50. The number of urea groups is 1. The lowest BCUT2D eigenvalue weighted by Gasteiger charge is -2.25. The van der Waals surface area contributed by atoms with E-state index >= 15 is 0 Å². The zero-order valence-corrected chi connectivity index (χ0v) is 15.0. The lowest BCUT2D eigenvalue weighted by molar-refractivity contribution is 0.206. The van der Waals surface area contributed by atoms with Crippen molar-refractivity contribution in [1.29, 1.82) is 0 Å². The lowest BCUT2D eigenvalue weighted by atomic mass is 10.0. The van der Waals surface area contributed by atoms with Crippen LogP contribution >= 0.6 is 11.6 Å². The molecule has 1 aromatic carbocycles. The number of rotatable bonds is 3. The molecule has 0 radical (unpaired) electrons. The molecule has 3 rings (SSSR count). The van der Waals surface area contributed by atoms with E-state index in [0.29, 0.717) is 5.02 Å². The number of aryl methyl sites for hydroxylation is 3. The van der Waals surface area contributed by atoms with Gasteiger partial charge in [-0.05, 0) is 44.4 Å². The van der Waals surface area contributed by atoms with Crippen LogP contribution < -0.4 is 5.32 Å². The molecule has 0 spiro atoms. The van der Waals surface area contributed by atoms with Crippen LogP contribution in [0.25, 0.3) is 0 Å². The molecule has 5 nitrogen and oxygen atoms in total. The topological polar surface area (TPSA) is 58.4 Å². The number of carbonyl (C=O) groups excluding carboxylic acids is 1. The number of nitrogens with zero attached hydrogens (tertiary/aromatic N) is 2. The standard InChI is InChI=1S/C18H22ClN3O2/c1-4-16-17(12(3)21-24-16)15-6-5-9-22(15)18(23)20-14-10-13(19)8-7-11(14)2/h7-8,10,15H,4-6,9H2,1-3H3,(H,20,23)/t15-/m1/s1. The number of carbonyl (C=O) groups is 1. The van der Waals surface area contributed by atoms with E-state index in [-0.39, 0.29) is 12.1 Å². The van der Waals surface area contributed by atoms with Crippen molar-refractivity contribution >= 4 is 23.3 Å². The Hall–Kier alpha value is -2.01. The minimum absolute atomic E-state index is 0.0192. The Morgan fingerprint density at radius 3 is 3.00 bits per heavy atom. The summed E-state index contributed by atoms with van der Waals surface area (Å²) in [5.74, 6) is 0.871. The molecule has 0 unspecified atom stereocenters. The first-order chi connectivity index (χ1) is 11.5. The van der Waals surface area contributed by atoms with Gasteiger partial charge in [-0.15, -0.1) is 0 Å². The molecule has 1 atom stereocenters. The number of hydrogen-bond acceptors (Lipinski definition) is 3. The Morgan fingerprint density at radius 1 is 1.46 bits per heavy atom. The molecule has 1 fully saturated rings. The number of halogens is 1. The molecule has 0 saturated carbocycles. The van der Waals surface area contributed by atoms with Crippen molar-refractivity contribution in [2.24, 2.45) is 0 Å². The molecule has 1 N–H and O–H groups in total. The molecule has 2 amide bonds. The van der Waals surface area contributed by atoms with Crippen molar-refractivity contribution in [2.45, 2.75) is 46.1 Å². The van der Waals surface area contributed by atoms with Crippen LogP contribution in [0.2, 0.25) is 5.02 Å². The van der Waals surface area contributed by atoms with Gasteiger partial charge in [-0.25, -0.2) is 4.79 Å². The quantitative estimate of drug-likeness (QED) is 0.861. The van der Waals surface area contributed by atoms with Crippen molar-refractivity contribution in [2.75, 3.05) is 11.9 Å². The third-order valence-corrected chi connectivity index (χ3v) is 4.83. The first-order valence-electron chi connectivity index (χ1n) is 8.30. The Bertz CT molecular complexity index is 757. The molecule has 6 heteroatoms. The summed E-state index contributed by atoms with van der Waals surface area (Å²) < 4.78 is 5.41. The monoisotopic (exact) mass is 347 g/mol. The van der Waals surface area contributed by atoms with E-state index < -0.39 is 0 Å². The molecule has 0 bridgehead atoms. The summed E-state index contributed by atoms with van der Waals surface area (Å²) in [6, 6.07) is 5.41. The Kier molecular flexibility index (Phi) is 4.81. The van der Waals surface area contributed by atoms with Gasteiger partial charge in [-0.2, -0.15) is 0 Å². The predicted octanol–water partition coefficient (Wildman–Crippen LogP) is 4.88. The van der Waals surface area contributed by atoms with Crippen molar-refractivity contribution < 1.29 is 9.32 Å². The van der Waals surface area contributed by atoms with Crippen LogP contribution in [0.1, 0.15) is 48.4 Å². The number of amides is 2. The maximum atomic E-state index is 12.8. The molecule has 2 aromatic rings. The maximum Gasteiger partial charge on any atom is 0.322 e.